The minimum absolute atomic E-state index is 0.0916. The molecular weight excluding hydrogens is 460 g/mol. The zero-order chi connectivity index (χ0) is 27.4. The summed E-state index contributed by atoms with van der Waals surface area (Å²) < 4.78 is 6.33. The Kier molecular flexibility index (Phi) is 12.9. The van der Waals surface area contributed by atoms with E-state index in [0.29, 0.717) is 23.9 Å². The molecule has 0 unspecified atom stereocenters. The number of amidine groups is 1. The maximum Gasteiger partial charge on any atom is 0.168 e. The van der Waals surface area contributed by atoms with E-state index in [9.17, 15) is 4.79 Å². The minimum atomic E-state index is -0.0916. The van der Waals surface area contributed by atoms with Gasteiger partial charge in [0.15, 0.2) is 5.78 Å². The molecule has 3 N–H and O–H groups in total. The second kappa shape index (κ2) is 15.6. The van der Waals surface area contributed by atoms with Crippen molar-refractivity contribution < 1.29 is 9.53 Å². The van der Waals surface area contributed by atoms with Gasteiger partial charge in [-0.2, -0.15) is 0 Å². The van der Waals surface area contributed by atoms with E-state index < -0.39 is 0 Å². The average molecular weight is 511 g/mol. The van der Waals surface area contributed by atoms with E-state index in [1.807, 2.05) is 40.7 Å². The lowest BCUT2D eigenvalue weighted by molar-refractivity contribution is -0.117. The lowest BCUT2D eigenvalue weighted by Gasteiger charge is -2.21. The number of ether oxygens (including phenoxy) is 1. The Morgan fingerprint density at radius 2 is 1.92 bits per heavy atom. The Labute approximate surface area is 225 Å². The van der Waals surface area contributed by atoms with Gasteiger partial charge in [-0.3, -0.25) is 9.79 Å². The first-order valence-electron chi connectivity index (χ1n) is 14.1. The van der Waals surface area contributed by atoms with Crippen molar-refractivity contribution in [1.82, 2.24) is 10.6 Å². The van der Waals surface area contributed by atoms with Crippen molar-refractivity contribution >= 4 is 17.3 Å². The number of aliphatic imine (C=N–C) groups is 1. The molecule has 0 radical (unpaired) electrons. The Morgan fingerprint density at radius 3 is 2.49 bits per heavy atom. The van der Waals surface area contributed by atoms with Crippen molar-refractivity contribution in [1.29, 1.82) is 0 Å². The van der Waals surface area contributed by atoms with Gasteiger partial charge >= 0.3 is 0 Å². The van der Waals surface area contributed by atoms with E-state index in [1.165, 1.54) is 0 Å². The summed E-state index contributed by atoms with van der Waals surface area (Å²) in [4.78, 5) is 17.8. The minimum Gasteiger partial charge on any atom is -0.493 e. The molecule has 0 saturated heterocycles. The first kappa shape index (κ1) is 30.6. The van der Waals surface area contributed by atoms with Crippen LogP contribution in [0.3, 0.4) is 0 Å². The van der Waals surface area contributed by atoms with E-state index in [2.05, 4.69) is 54.9 Å². The van der Waals surface area contributed by atoms with Crippen LogP contribution < -0.4 is 20.7 Å². The summed E-state index contributed by atoms with van der Waals surface area (Å²) >= 11 is 0. The van der Waals surface area contributed by atoms with Crippen molar-refractivity contribution in [2.75, 3.05) is 25.0 Å². The number of ketones is 1. The molecule has 0 spiro atoms. The predicted molar refractivity (Wildman–Crippen MR) is 157 cm³/mol. The highest BCUT2D eigenvalue weighted by Gasteiger charge is 2.25. The summed E-state index contributed by atoms with van der Waals surface area (Å²) in [5, 5.41) is 10.5. The second-order valence-corrected chi connectivity index (χ2v) is 10.7. The van der Waals surface area contributed by atoms with Crippen LogP contribution in [0.25, 0.3) is 0 Å². The maximum absolute atomic E-state index is 12.9. The molecule has 1 aliphatic carbocycles. The fourth-order valence-corrected chi connectivity index (χ4v) is 3.98. The molecule has 6 nitrogen and oxygen atoms in total. The van der Waals surface area contributed by atoms with Gasteiger partial charge in [-0.25, -0.2) is 0 Å². The summed E-state index contributed by atoms with van der Waals surface area (Å²) in [6.45, 7) is 19.1. The molecule has 1 aliphatic rings. The lowest BCUT2D eigenvalue weighted by atomic mass is 10.00. The zero-order valence-corrected chi connectivity index (χ0v) is 24.5. The van der Waals surface area contributed by atoms with E-state index in [4.69, 9.17) is 9.73 Å². The van der Waals surface area contributed by atoms with Gasteiger partial charge in [-0.15, -0.1) is 0 Å². The molecule has 1 fully saturated rings. The number of allylic oxidation sites excluding steroid dienone is 2. The molecule has 0 amide bonds. The van der Waals surface area contributed by atoms with Crippen molar-refractivity contribution in [3.05, 3.63) is 46.8 Å². The summed E-state index contributed by atoms with van der Waals surface area (Å²) in [5.41, 5.74) is 3.77. The van der Waals surface area contributed by atoms with Crippen LogP contribution in [0.15, 0.2) is 46.2 Å². The monoisotopic (exact) mass is 510 g/mol. The van der Waals surface area contributed by atoms with Crippen LogP contribution >= 0.6 is 0 Å². The normalized spacial score (nSPS) is 14.9. The van der Waals surface area contributed by atoms with Crippen LogP contribution in [0, 0.1) is 18.8 Å². The topological polar surface area (TPSA) is 74.8 Å². The number of carbonyl (C=O) groups excluding carboxylic acids is 1. The number of rotatable bonds is 16. The number of anilines is 1. The smallest absolute Gasteiger partial charge is 0.168 e. The van der Waals surface area contributed by atoms with E-state index in [1.54, 1.807) is 0 Å². The number of hydrogen-bond acceptors (Lipinski definition) is 5. The summed E-state index contributed by atoms with van der Waals surface area (Å²) in [7, 11) is 0. The second-order valence-electron chi connectivity index (χ2n) is 10.7. The fraction of sp³-hybridized carbons (Fsp3) is 0.613. The molecule has 0 bridgehead atoms. The van der Waals surface area contributed by atoms with Crippen LogP contribution in [0.5, 0.6) is 5.75 Å². The molecule has 37 heavy (non-hydrogen) atoms. The highest BCUT2D eigenvalue weighted by Crippen LogP contribution is 2.27. The SMILES string of the molecule is C/C=C(/C(=O)C(C)C)C(=NC1CC1)NC(Nc1ccc(C)c(OC[C@H](CCC)CNCCC)c1)=C(C)C. The Hall–Kier alpha value is -2.60. The lowest BCUT2D eigenvalue weighted by Crippen LogP contribution is -2.33. The number of nitrogens with one attached hydrogen (secondary N) is 3. The summed E-state index contributed by atoms with van der Waals surface area (Å²) in [6.07, 6.45) is 7.45. The molecule has 1 aromatic carbocycles. The van der Waals surface area contributed by atoms with Crippen molar-refractivity contribution in [3.63, 3.8) is 0 Å². The molecular formula is C31H50N4O2. The van der Waals surface area contributed by atoms with Gasteiger partial charge in [-0.05, 0) is 77.1 Å². The van der Waals surface area contributed by atoms with Gasteiger partial charge in [-0.1, -0.05) is 46.3 Å². The number of aryl methyl sites for hydroxylation is 1. The molecule has 1 atom stereocenters. The first-order valence-corrected chi connectivity index (χ1v) is 14.1. The molecule has 206 valence electrons. The van der Waals surface area contributed by atoms with E-state index in [0.717, 1.165) is 73.6 Å². The van der Waals surface area contributed by atoms with Crippen LogP contribution in [-0.2, 0) is 4.79 Å². The standard InChI is InChI=1S/C31H50N4O2/c1-9-12-24(19-32-17-10-2)20-37-28-18-26(14-13-23(28)8)34-30(22(6)7)35-31(33-25-15-16-25)27(11-3)29(36)21(4)5/h11,13-14,18,21,24-25,32,34H,9-10,12,15-17,19-20H2,1-8H3,(H,33,35)/b27-11-/t24-/m1/s1. The molecule has 1 aromatic rings. The largest absolute Gasteiger partial charge is 0.493 e. The first-order chi connectivity index (χ1) is 17.7. The van der Waals surface area contributed by atoms with Gasteiger partial charge in [0.2, 0.25) is 0 Å². The number of nitrogens with zero attached hydrogens (tertiary/aromatic N) is 1. The van der Waals surface area contributed by atoms with Gasteiger partial charge in [0.05, 0.1) is 18.2 Å². The van der Waals surface area contributed by atoms with Gasteiger partial charge in [0.25, 0.3) is 0 Å². The molecule has 0 heterocycles. The van der Waals surface area contributed by atoms with E-state index in [-0.39, 0.29) is 17.7 Å². The van der Waals surface area contributed by atoms with Gasteiger partial charge in [0.1, 0.15) is 17.4 Å². The average Bonchev–Trinajstić information content (AvgIpc) is 3.68. The van der Waals surface area contributed by atoms with Gasteiger partial charge in [0, 0.05) is 30.1 Å². The maximum atomic E-state index is 12.9. The van der Waals surface area contributed by atoms with Crippen molar-refractivity contribution in [2.45, 2.75) is 93.5 Å². The van der Waals surface area contributed by atoms with Crippen molar-refractivity contribution in [3.8, 4) is 5.75 Å². The summed E-state index contributed by atoms with van der Waals surface area (Å²) in [6, 6.07) is 6.50. The van der Waals surface area contributed by atoms with Crippen LogP contribution in [0.1, 0.15) is 86.1 Å². The highest BCUT2D eigenvalue weighted by atomic mass is 16.5. The third kappa shape index (κ3) is 10.4. The zero-order valence-electron chi connectivity index (χ0n) is 24.5. The van der Waals surface area contributed by atoms with Gasteiger partial charge < -0.3 is 20.7 Å². The number of hydrogen-bond donors (Lipinski definition) is 3. The third-order valence-corrected chi connectivity index (χ3v) is 6.42. The van der Waals surface area contributed by atoms with Crippen LogP contribution in [0.4, 0.5) is 5.69 Å². The fourth-order valence-electron chi connectivity index (χ4n) is 3.98. The number of benzene rings is 1. The third-order valence-electron chi connectivity index (χ3n) is 6.42. The van der Waals surface area contributed by atoms with Crippen LogP contribution in [-0.4, -0.2) is 37.4 Å². The number of carbonyl (C=O) groups is 1. The summed E-state index contributed by atoms with van der Waals surface area (Å²) in [5.74, 6) is 2.87. The Morgan fingerprint density at radius 1 is 1.19 bits per heavy atom. The molecule has 2 rings (SSSR count). The molecule has 0 aliphatic heterocycles. The van der Waals surface area contributed by atoms with Crippen LogP contribution in [0.2, 0.25) is 0 Å². The quantitative estimate of drug-likeness (QED) is 0.0990. The molecule has 6 heteroatoms. The van der Waals surface area contributed by atoms with Crippen molar-refractivity contribution in [2.24, 2.45) is 16.8 Å². The molecule has 0 aromatic heterocycles. The predicted octanol–water partition coefficient (Wildman–Crippen LogP) is 6.77. The number of Topliss-reactive ketones (excluding diaryl/α,β-unsaturated/α-hetero) is 1. The van der Waals surface area contributed by atoms with E-state index >= 15 is 0 Å². The Bertz CT molecular complexity index is 969. The molecule has 1 saturated carbocycles. The highest BCUT2D eigenvalue weighted by molar-refractivity contribution is 6.22. The Balaban J connectivity index is 2.19.